The van der Waals surface area contributed by atoms with E-state index < -0.39 is 0 Å². The Labute approximate surface area is 150 Å². The second kappa shape index (κ2) is 6.19. The molecule has 0 aliphatic carbocycles. The second-order valence-electron chi connectivity index (χ2n) is 6.86. The molecule has 2 aliphatic rings. The number of likely N-dealkylation sites (tertiary alicyclic amines) is 1. The molecule has 130 valence electrons. The summed E-state index contributed by atoms with van der Waals surface area (Å²) in [6.07, 6.45) is 5.77. The van der Waals surface area contributed by atoms with E-state index in [-0.39, 0.29) is 17.2 Å². The molecule has 2 aromatic rings. The first-order valence-electron chi connectivity index (χ1n) is 8.42. The van der Waals surface area contributed by atoms with Crippen molar-refractivity contribution in [3.63, 3.8) is 0 Å². The van der Waals surface area contributed by atoms with Crippen molar-refractivity contribution in [2.75, 3.05) is 19.6 Å². The minimum absolute atomic E-state index is 0.0224. The number of nitrogens with zero attached hydrogens (tertiary/aromatic N) is 3. The molecule has 7 heteroatoms. The lowest BCUT2D eigenvalue weighted by atomic mass is 9.77. The van der Waals surface area contributed by atoms with E-state index in [1.54, 1.807) is 23.0 Å². The number of aromatic nitrogens is 2. The minimum Gasteiger partial charge on any atom is -0.356 e. The predicted octanol–water partition coefficient (Wildman–Crippen LogP) is 2.27. The second-order valence-corrected chi connectivity index (χ2v) is 7.27. The minimum atomic E-state index is -0.0638. The van der Waals surface area contributed by atoms with Crippen molar-refractivity contribution >= 4 is 23.4 Å². The van der Waals surface area contributed by atoms with Crippen LogP contribution in [0.25, 0.3) is 5.69 Å². The van der Waals surface area contributed by atoms with E-state index in [1.165, 1.54) is 0 Å². The number of nitrogens with one attached hydrogen (secondary N) is 1. The van der Waals surface area contributed by atoms with E-state index in [2.05, 4.69) is 10.4 Å². The van der Waals surface area contributed by atoms with Crippen molar-refractivity contribution in [2.24, 2.45) is 5.41 Å². The molecule has 1 aromatic heterocycles. The van der Waals surface area contributed by atoms with Gasteiger partial charge in [-0.2, -0.15) is 5.10 Å². The highest BCUT2D eigenvalue weighted by Crippen LogP contribution is 2.38. The van der Waals surface area contributed by atoms with Crippen LogP contribution in [0.5, 0.6) is 0 Å². The fraction of sp³-hybridized carbons (Fsp3) is 0.389. The third-order valence-electron chi connectivity index (χ3n) is 5.26. The van der Waals surface area contributed by atoms with E-state index >= 15 is 0 Å². The van der Waals surface area contributed by atoms with E-state index in [0.29, 0.717) is 30.1 Å². The number of piperidine rings is 1. The summed E-state index contributed by atoms with van der Waals surface area (Å²) in [6.45, 7) is 2.02. The number of amides is 2. The average Bonchev–Trinajstić information content (AvgIpc) is 3.26. The summed E-state index contributed by atoms with van der Waals surface area (Å²) >= 11 is 6.28. The average molecular weight is 359 g/mol. The molecule has 0 unspecified atom stereocenters. The highest BCUT2D eigenvalue weighted by atomic mass is 35.5. The quantitative estimate of drug-likeness (QED) is 0.895. The molecular weight excluding hydrogens is 340 g/mol. The van der Waals surface area contributed by atoms with Crippen LogP contribution >= 0.6 is 11.6 Å². The van der Waals surface area contributed by atoms with Crippen LogP contribution in [0.2, 0.25) is 5.02 Å². The Kier molecular flexibility index (Phi) is 4.00. The highest BCUT2D eigenvalue weighted by Gasteiger charge is 2.41. The molecule has 1 aromatic carbocycles. The van der Waals surface area contributed by atoms with Gasteiger partial charge in [0, 0.05) is 38.4 Å². The Morgan fingerprint density at radius 1 is 1.28 bits per heavy atom. The maximum absolute atomic E-state index is 12.9. The molecule has 2 aliphatic heterocycles. The van der Waals surface area contributed by atoms with Crippen LogP contribution in [0, 0.1) is 5.41 Å². The molecule has 0 saturated carbocycles. The molecule has 25 heavy (non-hydrogen) atoms. The molecule has 4 rings (SSSR count). The summed E-state index contributed by atoms with van der Waals surface area (Å²) in [4.78, 5) is 26.3. The van der Waals surface area contributed by atoms with Gasteiger partial charge in [-0.25, -0.2) is 4.68 Å². The number of carbonyl (C=O) groups is 2. The topological polar surface area (TPSA) is 67.2 Å². The molecule has 3 heterocycles. The fourth-order valence-electron chi connectivity index (χ4n) is 3.70. The van der Waals surface area contributed by atoms with Crippen LogP contribution in [-0.4, -0.2) is 46.1 Å². The largest absolute Gasteiger partial charge is 0.356 e. The van der Waals surface area contributed by atoms with Crippen LogP contribution < -0.4 is 5.32 Å². The maximum atomic E-state index is 12.9. The van der Waals surface area contributed by atoms with Gasteiger partial charge in [0.25, 0.3) is 5.91 Å². The number of halogens is 1. The molecule has 0 radical (unpaired) electrons. The van der Waals surface area contributed by atoms with Crippen molar-refractivity contribution in [3.8, 4) is 5.69 Å². The Morgan fingerprint density at radius 3 is 2.72 bits per heavy atom. The number of carbonyl (C=O) groups excluding carboxylic acids is 2. The highest BCUT2D eigenvalue weighted by molar-refractivity contribution is 6.33. The van der Waals surface area contributed by atoms with Crippen LogP contribution in [0.15, 0.2) is 36.7 Å². The van der Waals surface area contributed by atoms with Crippen LogP contribution in [0.4, 0.5) is 0 Å². The fourth-order valence-corrected chi connectivity index (χ4v) is 3.90. The van der Waals surface area contributed by atoms with Crippen LogP contribution in [0.1, 0.15) is 29.6 Å². The predicted molar refractivity (Wildman–Crippen MR) is 93.8 cm³/mol. The third-order valence-corrected chi connectivity index (χ3v) is 5.59. The zero-order valence-corrected chi connectivity index (χ0v) is 14.5. The lowest BCUT2D eigenvalue weighted by molar-refractivity contribution is -0.119. The van der Waals surface area contributed by atoms with Gasteiger partial charge < -0.3 is 10.2 Å². The standard InChI is InChI=1S/C18H19ClN4O2/c19-15-3-2-13(23-7-1-6-21-23)10-14(15)17(25)22-8-4-18(5-9-22)11-16(24)20-12-18/h1-3,6-7,10H,4-5,8-9,11-12H2,(H,20,24). The maximum Gasteiger partial charge on any atom is 0.255 e. The van der Waals surface area contributed by atoms with E-state index in [4.69, 9.17) is 11.6 Å². The Bertz CT molecular complexity index is 810. The summed E-state index contributed by atoms with van der Waals surface area (Å²) < 4.78 is 1.70. The molecule has 2 saturated heterocycles. The Morgan fingerprint density at radius 2 is 2.08 bits per heavy atom. The zero-order valence-electron chi connectivity index (χ0n) is 13.7. The van der Waals surface area contributed by atoms with Gasteiger partial charge in [0.05, 0.1) is 16.3 Å². The summed E-state index contributed by atoms with van der Waals surface area (Å²) in [5, 5.41) is 7.55. The van der Waals surface area contributed by atoms with Gasteiger partial charge in [0.15, 0.2) is 0 Å². The van der Waals surface area contributed by atoms with Gasteiger partial charge in [-0.1, -0.05) is 11.6 Å². The smallest absolute Gasteiger partial charge is 0.255 e. The molecular formula is C18H19ClN4O2. The van der Waals surface area contributed by atoms with E-state index in [0.717, 1.165) is 25.1 Å². The molecule has 1 N–H and O–H groups in total. The van der Waals surface area contributed by atoms with Gasteiger partial charge in [-0.3, -0.25) is 9.59 Å². The first kappa shape index (κ1) is 16.1. The lowest BCUT2D eigenvalue weighted by Gasteiger charge is -2.38. The number of benzene rings is 1. The van der Waals surface area contributed by atoms with E-state index in [9.17, 15) is 9.59 Å². The van der Waals surface area contributed by atoms with Crippen molar-refractivity contribution in [1.29, 1.82) is 0 Å². The van der Waals surface area contributed by atoms with Crippen molar-refractivity contribution in [2.45, 2.75) is 19.3 Å². The van der Waals surface area contributed by atoms with Crippen molar-refractivity contribution in [3.05, 3.63) is 47.2 Å². The van der Waals surface area contributed by atoms with Crippen molar-refractivity contribution in [1.82, 2.24) is 20.0 Å². The monoisotopic (exact) mass is 358 g/mol. The summed E-state index contributed by atoms with van der Waals surface area (Å²) in [7, 11) is 0. The van der Waals surface area contributed by atoms with Gasteiger partial charge in [0.1, 0.15) is 0 Å². The molecule has 1 spiro atoms. The number of hydrogen-bond acceptors (Lipinski definition) is 3. The molecule has 6 nitrogen and oxygen atoms in total. The van der Waals surface area contributed by atoms with Gasteiger partial charge in [-0.15, -0.1) is 0 Å². The van der Waals surface area contributed by atoms with Crippen LogP contribution in [-0.2, 0) is 4.79 Å². The molecule has 2 amide bonds. The molecule has 0 atom stereocenters. The summed E-state index contributed by atoms with van der Waals surface area (Å²) in [6, 6.07) is 7.18. The van der Waals surface area contributed by atoms with E-state index in [1.807, 2.05) is 23.2 Å². The number of hydrogen-bond donors (Lipinski definition) is 1. The number of rotatable bonds is 2. The van der Waals surface area contributed by atoms with Gasteiger partial charge >= 0.3 is 0 Å². The van der Waals surface area contributed by atoms with Crippen LogP contribution in [0.3, 0.4) is 0 Å². The lowest BCUT2D eigenvalue weighted by Crippen LogP contribution is -2.44. The van der Waals surface area contributed by atoms with Crippen molar-refractivity contribution < 1.29 is 9.59 Å². The van der Waals surface area contributed by atoms with Gasteiger partial charge in [-0.05, 0) is 42.5 Å². The first-order chi connectivity index (χ1) is 12.1. The summed E-state index contributed by atoms with van der Waals surface area (Å²) in [5.41, 5.74) is 1.32. The molecule has 2 fully saturated rings. The third kappa shape index (κ3) is 3.02. The SMILES string of the molecule is O=C1CC2(CCN(C(=O)c3cc(-n4cccn4)ccc3Cl)CC2)CN1. The Hall–Kier alpha value is -2.34. The molecule has 0 bridgehead atoms. The summed E-state index contributed by atoms with van der Waals surface area (Å²) in [5.74, 6) is 0.0564. The first-order valence-corrected chi connectivity index (χ1v) is 8.80. The Balaban J connectivity index is 1.52. The zero-order chi connectivity index (χ0) is 17.4. The normalized spacial score (nSPS) is 19.2. The van der Waals surface area contributed by atoms with Gasteiger partial charge in [0.2, 0.25) is 5.91 Å².